The Morgan fingerprint density at radius 3 is 2.47 bits per heavy atom. The van der Waals surface area contributed by atoms with E-state index in [1.165, 1.54) is 6.66 Å². The fourth-order valence-corrected chi connectivity index (χ4v) is 3.08. The van der Waals surface area contributed by atoms with Crippen molar-refractivity contribution < 1.29 is 17.8 Å². The summed E-state index contributed by atoms with van der Waals surface area (Å²) >= 11 is 4.70. The average molecular weight is 323 g/mol. The van der Waals surface area contributed by atoms with Crippen molar-refractivity contribution in [3.8, 4) is 0 Å². The topological polar surface area (TPSA) is 75.6 Å². The largest absolute Gasteiger partial charge is 0.345 e. The molecule has 1 aromatic rings. The van der Waals surface area contributed by atoms with Crippen molar-refractivity contribution in [3.63, 3.8) is 0 Å². The third-order valence-corrected chi connectivity index (χ3v) is 4.73. The molecule has 0 aromatic heterocycles. The van der Waals surface area contributed by atoms with Gasteiger partial charge in [0.25, 0.3) is 0 Å². The van der Waals surface area contributed by atoms with E-state index < -0.39 is 16.5 Å². The number of hydrogen-bond donors (Lipinski definition) is 2. The lowest BCUT2D eigenvalue weighted by molar-refractivity contribution is 0.306. The van der Waals surface area contributed by atoms with Gasteiger partial charge < -0.3 is 9.42 Å². The molecule has 1 rings (SSSR count). The number of aryl methyl sites for hydroxylation is 1. The SMILES string of the molecule is Cc1ccc(S(=O)(=O)NCCCOP(C)(O)=S)cc1. The second kappa shape index (κ2) is 6.92. The summed E-state index contributed by atoms with van der Waals surface area (Å²) in [5, 5.41) is 0. The third kappa shape index (κ3) is 6.61. The normalized spacial score (nSPS) is 15.1. The van der Waals surface area contributed by atoms with Crippen molar-refractivity contribution in [2.45, 2.75) is 18.2 Å². The number of hydrogen-bond acceptors (Lipinski definition) is 4. The lowest BCUT2D eigenvalue weighted by atomic mass is 10.2. The van der Waals surface area contributed by atoms with Crippen molar-refractivity contribution >= 4 is 28.3 Å². The summed E-state index contributed by atoms with van der Waals surface area (Å²) in [5.41, 5.74) is 1.00. The van der Waals surface area contributed by atoms with E-state index >= 15 is 0 Å². The third-order valence-electron chi connectivity index (χ3n) is 2.28. The molecule has 0 aliphatic heterocycles. The number of rotatable bonds is 7. The summed E-state index contributed by atoms with van der Waals surface area (Å²) in [6.45, 7) is 1.18. The standard InChI is InChI=1S/C11H18NO4PS2/c1-10-4-6-11(7-5-10)19(14,15)12-8-3-9-16-17(2,13)18/h4-7,12H,3,8-9H2,1-2H3,(H,13,18). The van der Waals surface area contributed by atoms with E-state index in [1.807, 2.05) is 6.92 Å². The Hall–Kier alpha value is -0.300. The van der Waals surface area contributed by atoms with Crippen molar-refractivity contribution in [1.29, 1.82) is 0 Å². The smallest absolute Gasteiger partial charge is 0.240 e. The molecule has 19 heavy (non-hydrogen) atoms. The van der Waals surface area contributed by atoms with Gasteiger partial charge in [-0.15, -0.1) is 0 Å². The molecule has 0 spiro atoms. The fourth-order valence-electron chi connectivity index (χ4n) is 1.31. The molecule has 5 nitrogen and oxygen atoms in total. The van der Waals surface area contributed by atoms with Crippen LogP contribution in [0.15, 0.2) is 29.2 Å². The first-order valence-corrected chi connectivity index (χ1v) is 10.3. The van der Waals surface area contributed by atoms with Gasteiger partial charge in [-0.3, -0.25) is 0 Å². The van der Waals surface area contributed by atoms with Crippen LogP contribution in [0.4, 0.5) is 0 Å². The first-order valence-electron chi connectivity index (χ1n) is 5.72. The van der Waals surface area contributed by atoms with Crippen molar-refractivity contribution in [3.05, 3.63) is 29.8 Å². The predicted molar refractivity (Wildman–Crippen MR) is 79.4 cm³/mol. The first-order chi connectivity index (χ1) is 8.71. The molecule has 108 valence electrons. The van der Waals surface area contributed by atoms with Crippen LogP contribution < -0.4 is 4.72 Å². The molecule has 0 aliphatic rings. The van der Waals surface area contributed by atoms with Crippen molar-refractivity contribution in [2.75, 3.05) is 19.8 Å². The van der Waals surface area contributed by atoms with Crippen LogP contribution in [0.1, 0.15) is 12.0 Å². The highest BCUT2D eigenvalue weighted by Gasteiger charge is 2.12. The first kappa shape index (κ1) is 16.8. The van der Waals surface area contributed by atoms with Gasteiger partial charge >= 0.3 is 0 Å². The predicted octanol–water partition coefficient (Wildman–Crippen LogP) is 1.61. The van der Waals surface area contributed by atoms with Crippen LogP contribution in [-0.2, 0) is 26.4 Å². The zero-order valence-electron chi connectivity index (χ0n) is 10.9. The minimum atomic E-state index is -3.48. The molecular formula is C11H18NO4PS2. The van der Waals surface area contributed by atoms with Crippen LogP contribution in [0.2, 0.25) is 0 Å². The van der Waals surface area contributed by atoms with E-state index in [0.29, 0.717) is 6.42 Å². The van der Waals surface area contributed by atoms with Gasteiger partial charge in [-0.05, 0) is 37.3 Å². The average Bonchev–Trinajstić information content (AvgIpc) is 2.27. The fraction of sp³-hybridized carbons (Fsp3) is 0.455. The molecule has 1 aromatic carbocycles. The Bertz CT molecular complexity index is 551. The van der Waals surface area contributed by atoms with Gasteiger partial charge in [0, 0.05) is 13.2 Å². The Labute approximate surface area is 119 Å². The quantitative estimate of drug-likeness (QED) is 0.589. The van der Waals surface area contributed by atoms with Crippen LogP contribution in [-0.4, -0.2) is 33.1 Å². The zero-order valence-corrected chi connectivity index (χ0v) is 13.4. The summed E-state index contributed by atoms with van der Waals surface area (Å²) in [6.07, 6.45) is 0.456. The lowest BCUT2D eigenvalue weighted by Crippen LogP contribution is -2.25. The van der Waals surface area contributed by atoms with Crippen LogP contribution in [0.3, 0.4) is 0 Å². The summed E-state index contributed by atoms with van der Waals surface area (Å²) in [7, 11) is -3.48. The lowest BCUT2D eigenvalue weighted by Gasteiger charge is -2.10. The molecule has 0 bridgehead atoms. The van der Waals surface area contributed by atoms with Gasteiger partial charge in [-0.2, -0.15) is 0 Å². The molecule has 0 fully saturated rings. The van der Waals surface area contributed by atoms with Gasteiger partial charge in [0.05, 0.1) is 11.5 Å². The van der Waals surface area contributed by atoms with E-state index in [2.05, 4.69) is 4.72 Å². The van der Waals surface area contributed by atoms with E-state index in [-0.39, 0.29) is 18.0 Å². The minimum Gasteiger partial charge on any atom is -0.345 e. The molecular weight excluding hydrogens is 305 g/mol. The monoisotopic (exact) mass is 323 g/mol. The van der Waals surface area contributed by atoms with Crippen LogP contribution in [0, 0.1) is 6.92 Å². The van der Waals surface area contributed by atoms with Gasteiger partial charge in [0.15, 0.2) is 6.49 Å². The summed E-state index contributed by atoms with van der Waals surface area (Å²) in [5.74, 6) is 0. The highest BCUT2D eigenvalue weighted by molar-refractivity contribution is 8.09. The van der Waals surface area contributed by atoms with E-state index in [0.717, 1.165) is 5.56 Å². The molecule has 0 aliphatic carbocycles. The second-order valence-corrected chi connectivity index (χ2v) is 9.86. The maximum atomic E-state index is 11.9. The highest BCUT2D eigenvalue weighted by Crippen LogP contribution is 2.36. The Morgan fingerprint density at radius 2 is 1.95 bits per heavy atom. The zero-order chi connectivity index (χ0) is 14.5. The molecule has 0 radical (unpaired) electrons. The second-order valence-electron chi connectivity index (χ2n) is 4.20. The number of sulfonamides is 1. The Balaban J connectivity index is 2.44. The van der Waals surface area contributed by atoms with Crippen LogP contribution >= 0.6 is 6.49 Å². The van der Waals surface area contributed by atoms with Gasteiger partial charge in [0.1, 0.15) is 0 Å². The maximum absolute atomic E-state index is 11.9. The molecule has 2 N–H and O–H groups in total. The molecule has 1 unspecified atom stereocenters. The highest BCUT2D eigenvalue weighted by atomic mass is 32.5. The van der Waals surface area contributed by atoms with E-state index in [4.69, 9.17) is 16.3 Å². The van der Waals surface area contributed by atoms with Gasteiger partial charge in [0.2, 0.25) is 10.0 Å². The summed E-state index contributed by atoms with van der Waals surface area (Å²) in [4.78, 5) is 9.48. The molecule has 0 saturated carbocycles. The van der Waals surface area contributed by atoms with Gasteiger partial charge in [-0.1, -0.05) is 17.7 Å². The van der Waals surface area contributed by atoms with Crippen molar-refractivity contribution in [2.24, 2.45) is 0 Å². The molecule has 1 atom stereocenters. The van der Waals surface area contributed by atoms with Crippen LogP contribution in [0.25, 0.3) is 0 Å². The minimum absolute atomic E-state index is 0.237. The summed E-state index contributed by atoms with van der Waals surface area (Å²) in [6, 6.07) is 6.62. The maximum Gasteiger partial charge on any atom is 0.240 e. The van der Waals surface area contributed by atoms with E-state index in [1.54, 1.807) is 24.3 Å². The van der Waals surface area contributed by atoms with Crippen molar-refractivity contribution in [1.82, 2.24) is 4.72 Å². The number of benzene rings is 1. The Morgan fingerprint density at radius 1 is 1.37 bits per heavy atom. The summed E-state index contributed by atoms with van der Waals surface area (Å²) < 4.78 is 31.3. The van der Waals surface area contributed by atoms with Gasteiger partial charge in [-0.25, -0.2) is 13.1 Å². The van der Waals surface area contributed by atoms with Crippen LogP contribution in [0.5, 0.6) is 0 Å². The molecule has 0 amide bonds. The Kier molecular flexibility index (Phi) is 6.11. The van der Waals surface area contributed by atoms with E-state index in [9.17, 15) is 13.3 Å². The molecule has 0 heterocycles. The molecule has 0 saturated heterocycles. The number of nitrogens with one attached hydrogen (secondary N) is 1. The molecule has 8 heteroatoms.